The van der Waals surface area contributed by atoms with Crippen LogP contribution < -0.4 is 0 Å². The van der Waals surface area contributed by atoms with Crippen molar-refractivity contribution in [3.63, 3.8) is 0 Å². The molecule has 0 bridgehead atoms. The molecule has 3 aliphatic heterocycles. The molecule has 3 atom stereocenters. The molecule has 5 rings (SSSR count). The SMILES string of the molecule is CC[C@]12C=C(O)n3c4c(c5ccccc53)CC[N+]([O-])(CCC1)[C@@H]42. The first kappa shape index (κ1) is 13.6. The molecule has 1 aromatic carbocycles. The van der Waals surface area contributed by atoms with Crippen molar-refractivity contribution in [3.8, 4) is 0 Å². The second kappa shape index (κ2) is 4.19. The van der Waals surface area contributed by atoms with Gasteiger partial charge in [0.2, 0.25) is 0 Å². The Hall–Kier alpha value is -1.78. The maximum Gasteiger partial charge on any atom is 0.192 e. The number of nitrogens with zero attached hydrogens (tertiary/aromatic N) is 2. The molecule has 0 saturated carbocycles. The number of benzene rings is 1. The highest BCUT2D eigenvalue weighted by atomic mass is 16.5. The van der Waals surface area contributed by atoms with Gasteiger partial charge in [0.1, 0.15) is 6.04 Å². The molecule has 4 heterocycles. The van der Waals surface area contributed by atoms with E-state index in [1.807, 2.05) is 22.8 Å². The molecule has 4 heteroatoms. The largest absolute Gasteiger partial charge is 0.632 e. The number of aliphatic hydroxyl groups excluding tert-OH is 1. The monoisotopic (exact) mass is 310 g/mol. The van der Waals surface area contributed by atoms with Gasteiger partial charge in [0.05, 0.1) is 29.7 Å². The fourth-order valence-electron chi connectivity index (χ4n) is 5.52. The summed E-state index contributed by atoms with van der Waals surface area (Å²) in [5, 5.41) is 25.6. The Kier molecular flexibility index (Phi) is 2.49. The van der Waals surface area contributed by atoms with E-state index >= 15 is 0 Å². The zero-order valence-electron chi connectivity index (χ0n) is 13.5. The maximum atomic E-state index is 13.6. The standard InChI is InChI=1S/C19H22N2O2/c1-2-19-9-5-10-21(23)11-8-14-13-6-3-4-7-15(13)20(16(22)12-19)17(14)18(19)21/h3-4,6-7,12,18,22H,2,5,8-11H2,1H3/t18-,19+,21?/m0/s1. The number of hydrogen-bond acceptors (Lipinski definition) is 2. The van der Waals surface area contributed by atoms with E-state index in [2.05, 4.69) is 19.1 Å². The minimum absolute atomic E-state index is 0.0618. The van der Waals surface area contributed by atoms with Crippen molar-refractivity contribution in [2.45, 2.75) is 38.6 Å². The van der Waals surface area contributed by atoms with Crippen LogP contribution >= 0.6 is 0 Å². The number of hydroxylamine groups is 3. The molecule has 4 nitrogen and oxygen atoms in total. The molecule has 1 unspecified atom stereocenters. The van der Waals surface area contributed by atoms with Crippen LogP contribution in [0.15, 0.2) is 30.3 Å². The second-order valence-electron chi connectivity index (χ2n) is 7.46. The Morgan fingerprint density at radius 1 is 1.35 bits per heavy atom. The molecule has 0 spiro atoms. The van der Waals surface area contributed by atoms with E-state index in [4.69, 9.17) is 0 Å². The molecule has 1 aromatic heterocycles. The summed E-state index contributed by atoms with van der Waals surface area (Å²) in [6.45, 7) is 3.54. The third kappa shape index (κ3) is 1.49. The third-order valence-corrected chi connectivity index (χ3v) is 6.52. The molecule has 0 radical (unpaired) electrons. The third-order valence-electron chi connectivity index (χ3n) is 6.52. The number of hydrogen-bond donors (Lipinski definition) is 1. The smallest absolute Gasteiger partial charge is 0.192 e. The number of aromatic nitrogens is 1. The van der Waals surface area contributed by atoms with Crippen molar-refractivity contribution in [2.24, 2.45) is 5.41 Å². The Labute approximate surface area is 135 Å². The maximum absolute atomic E-state index is 13.6. The summed E-state index contributed by atoms with van der Waals surface area (Å²) in [7, 11) is 0. The van der Waals surface area contributed by atoms with Gasteiger partial charge in [0.25, 0.3) is 0 Å². The van der Waals surface area contributed by atoms with Crippen LogP contribution in [0.25, 0.3) is 16.8 Å². The van der Waals surface area contributed by atoms with Crippen molar-refractivity contribution in [3.05, 3.63) is 46.8 Å². The van der Waals surface area contributed by atoms with Crippen LogP contribution in [-0.2, 0) is 6.42 Å². The second-order valence-corrected chi connectivity index (χ2v) is 7.46. The predicted molar refractivity (Wildman–Crippen MR) is 90.6 cm³/mol. The van der Waals surface area contributed by atoms with Gasteiger partial charge >= 0.3 is 0 Å². The number of aliphatic hydroxyl groups is 1. The summed E-state index contributed by atoms with van der Waals surface area (Å²) in [6, 6.07) is 8.18. The fourth-order valence-corrected chi connectivity index (χ4v) is 5.52. The lowest BCUT2D eigenvalue weighted by Crippen LogP contribution is -2.60. The van der Waals surface area contributed by atoms with Crippen LogP contribution in [0.2, 0.25) is 0 Å². The van der Waals surface area contributed by atoms with E-state index in [1.54, 1.807) is 0 Å². The van der Waals surface area contributed by atoms with Gasteiger partial charge in [-0.05, 0) is 37.0 Å². The van der Waals surface area contributed by atoms with Crippen molar-refractivity contribution in [1.29, 1.82) is 0 Å². The Morgan fingerprint density at radius 2 is 2.17 bits per heavy atom. The minimum atomic E-state index is -0.191. The molecular weight excluding hydrogens is 288 g/mol. The quantitative estimate of drug-likeness (QED) is 0.636. The average molecular weight is 310 g/mol. The molecule has 2 aromatic rings. The lowest BCUT2D eigenvalue weighted by Gasteiger charge is -2.61. The van der Waals surface area contributed by atoms with Crippen LogP contribution in [-0.4, -0.2) is 27.4 Å². The average Bonchev–Trinajstić information content (AvgIpc) is 2.88. The highest BCUT2D eigenvalue weighted by Gasteiger charge is 2.56. The van der Waals surface area contributed by atoms with Crippen molar-refractivity contribution < 1.29 is 9.75 Å². The summed E-state index contributed by atoms with van der Waals surface area (Å²) in [5.74, 6) is 0.316. The first-order valence-corrected chi connectivity index (χ1v) is 8.72. The topological polar surface area (TPSA) is 48.2 Å². The Balaban J connectivity index is 1.92. The van der Waals surface area contributed by atoms with Gasteiger partial charge in [0, 0.05) is 11.8 Å². The number of quaternary nitrogens is 1. The molecule has 0 amide bonds. The first-order valence-electron chi connectivity index (χ1n) is 8.72. The van der Waals surface area contributed by atoms with Gasteiger partial charge < -0.3 is 15.0 Å². The number of rotatable bonds is 1. The van der Waals surface area contributed by atoms with E-state index in [0.29, 0.717) is 19.0 Å². The van der Waals surface area contributed by atoms with E-state index in [-0.39, 0.29) is 16.1 Å². The van der Waals surface area contributed by atoms with Gasteiger partial charge in [-0.25, -0.2) is 0 Å². The van der Waals surface area contributed by atoms with E-state index in [1.165, 1.54) is 10.9 Å². The highest BCUT2D eigenvalue weighted by molar-refractivity contribution is 5.89. The molecular formula is C19H22N2O2. The summed E-state index contributed by atoms with van der Waals surface area (Å²) >= 11 is 0. The Morgan fingerprint density at radius 3 is 3.00 bits per heavy atom. The van der Waals surface area contributed by atoms with Crippen LogP contribution in [0.5, 0.6) is 0 Å². The highest BCUT2D eigenvalue weighted by Crippen LogP contribution is 2.59. The summed E-state index contributed by atoms with van der Waals surface area (Å²) < 4.78 is 1.85. The molecule has 23 heavy (non-hydrogen) atoms. The lowest BCUT2D eigenvalue weighted by molar-refractivity contribution is -0.927. The van der Waals surface area contributed by atoms with Gasteiger partial charge in [-0.3, -0.25) is 4.57 Å². The zero-order valence-corrected chi connectivity index (χ0v) is 13.5. The van der Waals surface area contributed by atoms with Crippen LogP contribution in [0.3, 0.4) is 0 Å². The molecule has 0 aliphatic carbocycles. The van der Waals surface area contributed by atoms with Gasteiger partial charge in [0.15, 0.2) is 5.88 Å². The van der Waals surface area contributed by atoms with Crippen LogP contribution in [0.1, 0.15) is 43.5 Å². The van der Waals surface area contributed by atoms with Crippen molar-refractivity contribution in [2.75, 3.05) is 13.1 Å². The molecule has 1 N–H and O–H groups in total. The number of para-hydroxylation sites is 1. The lowest BCUT2D eigenvalue weighted by atomic mass is 9.66. The molecule has 1 saturated heterocycles. The van der Waals surface area contributed by atoms with E-state index < -0.39 is 0 Å². The van der Waals surface area contributed by atoms with E-state index in [9.17, 15) is 10.3 Å². The minimum Gasteiger partial charge on any atom is -0.632 e. The normalized spacial score (nSPS) is 35.0. The summed E-state index contributed by atoms with van der Waals surface area (Å²) in [4.78, 5) is 0. The fraction of sp³-hybridized carbons (Fsp3) is 0.474. The summed E-state index contributed by atoms with van der Waals surface area (Å²) in [6.07, 6.45) is 5.67. The van der Waals surface area contributed by atoms with Crippen molar-refractivity contribution >= 4 is 16.8 Å². The molecule has 3 aliphatic rings. The molecule has 120 valence electrons. The predicted octanol–water partition coefficient (Wildman–Crippen LogP) is 4.11. The van der Waals surface area contributed by atoms with Crippen LogP contribution in [0.4, 0.5) is 0 Å². The summed E-state index contributed by atoms with van der Waals surface area (Å²) in [5.41, 5.74) is 3.22. The number of piperidine rings is 1. The zero-order chi connectivity index (χ0) is 15.8. The van der Waals surface area contributed by atoms with E-state index in [0.717, 1.165) is 36.9 Å². The Bertz CT molecular complexity index is 852. The van der Waals surface area contributed by atoms with Crippen molar-refractivity contribution in [1.82, 2.24) is 4.57 Å². The first-order chi connectivity index (χ1) is 11.1. The molecule has 1 fully saturated rings. The van der Waals surface area contributed by atoms with Gasteiger partial charge in [-0.15, -0.1) is 0 Å². The number of fused-ring (bicyclic) bond motifs is 3. The van der Waals surface area contributed by atoms with Crippen LogP contribution in [0, 0.1) is 10.6 Å². The van der Waals surface area contributed by atoms with Gasteiger partial charge in [-0.1, -0.05) is 25.1 Å². The van der Waals surface area contributed by atoms with Gasteiger partial charge in [-0.2, -0.15) is 0 Å².